The number of hydrogen-bond donors (Lipinski definition) is 1. The largest absolute Gasteiger partial charge is 0.493 e. The van der Waals surface area contributed by atoms with Gasteiger partial charge in [-0.15, -0.1) is 0 Å². The molecule has 1 N–H and O–H groups in total. The zero-order valence-electron chi connectivity index (χ0n) is 14.1. The predicted octanol–water partition coefficient (Wildman–Crippen LogP) is 5.28. The molecule has 0 heterocycles. The van der Waals surface area contributed by atoms with E-state index < -0.39 is 0 Å². The number of amides is 1. The molecule has 0 spiro atoms. The van der Waals surface area contributed by atoms with Crippen molar-refractivity contribution in [3.8, 4) is 11.5 Å². The van der Waals surface area contributed by atoms with Crippen LogP contribution in [0.1, 0.15) is 37.6 Å². The minimum atomic E-state index is -0.181. The van der Waals surface area contributed by atoms with Gasteiger partial charge in [-0.2, -0.15) is 0 Å². The van der Waals surface area contributed by atoms with Gasteiger partial charge in [0, 0.05) is 17.3 Å². The second-order valence-corrected chi connectivity index (χ2v) is 6.25. The number of carbonyl (C=O) groups is 1. The van der Waals surface area contributed by atoms with Gasteiger partial charge in [0.1, 0.15) is 11.5 Å². The molecule has 0 aliphatic rings. The first-order chi connectivity index (χ1) is 11.5. The van der Waals surface area contributed by atoms with Crippen LogP contribution in [0.2, 0.25) is 0 Å². The summed E-state index contributed by atoms with van der Waals surface area (Å²) in [6.45, 7) is 6.58. The average Bonchev–Trinajstić information content (AvgIpc) is 2.57. The van der Waals surface area contributed by atoms with Crippen LogP contribution in [0.15, 0.2) is 46.9 Å². The molecule has 0 aliphatic heterocycles. The van der Waals surface area contributed by atoms with Gasteiger partial charge in [-0.05, 0) is 66.5 Å². The highest BCUT2D eigenvalue weighted by Gasteiger charge is 2.10. The quantitative estimate of drug-likeness (QED) is 0.698. The number of halogens is 1. The molecule has 0 aromatic heterocycles. The molecule has 0 aliphatic carbocycles. The van der Waals surface area contributed by atoms with Crippen LogP contribution in [0.25, 0.3) is 0 Å². The first-order valence-electron chi connectivity index (χ1n) is 8.03. The van der Waals surface area contributed by atoms with Crippen LogP contribution in [-0.2, 0) is 0 Å². The highest BCUT2D eigenvalue weighted by Crippen LogP contribution is 2.27. The molecule has 1 atom stereocenters. The SMILES string of the molecule is CCOc1ccc(C(=O)Nc2cccc(OC(C)CC)c2)cc1Br. The fourth-order valence-electron chi connectivity index (χ4n) is 2.08. The molecule has 5 heteroatoms. The third kappa shape index (κ3) is 4.99. The zero-order valence-corrected chi connectivity index (χ0v) is 15.7. The Bertz CT molecular complexity index is 703. The van der Waals surface area contributed by atoms with Gasteiger partial charge in [0.05, 0.1) is 17.2 Å². The Balaban J connectivity index is 2.09. The van der Waals surface area contributed by atoms with Crippen molar-refractivity contribution in [2.75, 3.05) is 11.9 Å². The van der Waals surface area contributed by atoms with Crippen molar-refractivity contribution >= 4 is 27.5 Å². The number of hydrogen-bond acceptors (Lipinski definition) is 3. The van der Waals surface area contributed by atoms with E-state index in [9.17, 15) is 4.79 Å². The normalized spacial score (nSPS) is 11.7. The van der Waals surface area contributed by atoms with Crippen LogP contribution in [0.5, 0.6) is 11.5 Å². The van der Waals surface area contributed by atoms with Crippen LogP contribution < -0.4 is 14.8 Å². The minimum Gasteiger partial charge on any atom is -0.493 e. The smallest absolute Gasteiger partial charge is 0.255 e. The van der Waals surface area contributed by atoms with Gasteiger partial charge in [0.25, 0.3) is 5.91 Å². The lowest BCUT2D eigenvalue weighted by molar-refractivity contribution is 0.102. The Morgan fingerprint density at radius 2 is 2.00 bits per heavy atom. The number of anilines is 1. The van der Waals surface area contributed by atoms with E-state index in [2.05, 4.69) is 28.2 Å². The summed E-state index contributed by atoms with van der Waals surface area (Å²) in [4.78, 5) is 12.4. The van der Waals surface area contributed by atoms with E-state index in [0.29, 0.717) is 17.9 Å². The monoisotopic (exact) mass is 391 g/mol. The van der Waals surface area contributed by atoms with Crippen LogP contribution in [-0.4, -0.2) is 18.6 Å². The van der Waals surface area contributed by atoms with Gasteiger partial charge >= 0.3 is 0 Å². The van der Waals surface area contributed by atoms with E-state index in [1.165, 1.54) is 0 Å². The van der Waals surface area contributed by atoms with Crippen molar-refractivity contribution in [2.45, 2.75) is 33.3 Å². The Labute approximate surface area is 151 Å². The number of carbonyl (C=O) groups excluding carboxylic acids is 1. The van der Waals surface area contributed by atoms with Crippen molar-refractivity contribution in [3.63, 3.8) is 0 Å². The summed E-state index contributed by atoms with van der Waals surface area (Å²) in [6, 6.07) is 12.7. The summed E-state index contributed by atoms with van der Waals surface area (Å²) in [6.07, 6.45) is 1.06. The van der Waals surface area contributed by atoms with E-state index in [1.807, 2.05) is 38.1 Å². The molecule has 24 heavy (non-hydrogen) atoms. The molecular formula is C19H22BrNO3. The molecule has 1 amide bonds. The lowest BCUT2D eigenvalue weighted by Crippen LogP contribution is -2.13. The molecule has 0 saturated carbocycles. The number of rotatable bonds is 7. The van der Waals surface area contributed by atoms with Gasteiger partial charge in [-0.25, -0.2) is 0 Å². The van der Waals surface area contributed by atoms with Crippen LogP contribution in [0, 0.1) is 0 Å². The first kappa shape index (κ1) is 18.3. The summed E-state index contributed by atoms with van der Waals surface area (Å²) < 4.78 is 12.0. The van der Waals surface area contributed by atoms with Crippen molar-refractivity contribution in [3.05, 3.63) is 52.5 Å². The summed E-state index contributed by atoms with van der Waals surface area (Å²) in [5.41, 5.74) is 1.25. The molecule has 2 aromatic carbocycles. The van der Waals surface area contributed by atoms with Crippen molar-refractivity contribution in [1.82, 2.24) is 0 Å². The summed E-state index contributed by atoms with van der Waals surface area (Å²) in [5.74, 6) is 1.28. The number of ether oxygens (including phenoxy) is 2. The summed E-state index contributed by atoms with van der Waals surface area (Å²) >= 11 is 3.42. The van der Waals surface area contributed by atoms with Gasteiger partial charge in [-0.1, -0.05) is 13.0 Å². The second-order valence-electron chi connectivity index (χ2n) is 5.40. The maximum atomic E-state index is 12.4. The van der Waals surface area contributed by atoms with E-state index in [1.54, 1.807) is 18.2 Å². The van der Waals surface area contributed by atoms with E-state index in [-0.39, 0.29) is 12.0 Å². The Kier molecular flexibility index (Phi) is 6.67. The Morgan fingerprint density at radius 3 is 2.67 bits per heavy atom. The molecule has 0 saturated heterocycles. The molecule has 0 radical (unpaired) electrons. The van der Waals surface area contributed by atoms with Gasteiger partial charge in [0.2, 0.25) is 0 Å². The molecule has 0 fully saturated rings. The predicted molar refractivity (Wildman–Crippen MR) is 100 cm³/mol. The zero-order chi connectivity index (χ0) is 17.5. The summed E-state index contributed by atoms with van der Waals surface area (Å²) in [7, 11) is 0. The van der Waals surface area contributed by atoms with Crippen molar-refractivity contribution < 1.29 is 14.3 Å². The molecular weight excluding hydrogens is 370 g/mol. The van der Waals surface area contributed by atoms with Gasteiger partial charge in [-0.3, -0.25) is 4.79 Å². The lowest BCUT2D eigenvalue weighted by atomic mass is 10.2. The fourth-order valence-corrected chi connectivity index (χ4v) is 2.57. The highest BCUT2D eigenvalue weighted by atomic mass is 79.9. The molecule has 0 bridgehead atoms. The fraction of sp³-hybridized carbons (Fsp3) is 0.316. The number of nitrogens with one attached hydrogen (secondary N) is 1. The standard InChI is InChI=1S/C19H22BrNO3/c1-4-13(3)24-16-8-6-7-15(12-16)21-19(22)14-9-10-18(23-5-2)17(20)11-14/h6-13H,4-5H2,1-3H3,(H,21,22). The van der Waals surface area contributed by atoms with Gasteiger partial charge < -0.3 is 14.8 Å². The topological polar surface area (TPSA) is 47.6 Å². The Hall–Kier alpha value is -2.01. The molecule has 2 rings (SSSR count). The van der Waals surface area contributed by atoms with Gasteiger partial charge in [0.15, 0.2) is 0 Å². The maximum Gasteiger partial charge on any atom is 0.255 e. The lowest BCUT2D eigenvalue weighted by Gasteiger charge is -2.14. The third-order valence-corrected chi connectivity index (χ3v) is 4.12. The van der Waals surface area contributed by atoms with E-state index >= 15 is 0 Å². The summed E-state index contributed by atoms with van der Waals surface area (Å²) in [5, 5.41) is 2.89. The number of benzene rings is 2. The highest BCUT2D eigenvalue weighted by molar-refractivity contribution is 9.10. The van der Waals surface area contributed by atoms with Crippen molar-refractivity contribution in [2.24, 2.45) is 0 Å². The van der Waals surface area contributed by atoms with Crippen LogP contribution >= 0.6 is 15.9 Å². The van der Waals surface area contributed by atoms with Crippen LogP contribution in [0.4, 0.5) is 5.69 Å². The van der Waals surface area contributed by atoms with E-state index in [4.69, 9.17) is 9.47 Å². The third-order valence-electron chi connectivity index (χ3n) is 3.50. The average molecular weight is 392 g/mol. The molecule has 4 nitrogen and oxygen atoms in total. The minimum absolute atomic E-state index is 0.137. The Morgan fingerprint density at radius 1 is 1.21 bits per heavy atom. The second kappa shape index (κ2) is 8.73. The first-order valence-corrected chi connectivity index (χ1v) is 8.83. The van der Waals surface area contributed by atoms with E-state index in [0.717, 1.165) is 22.4 Å². The maximum absolute atomic E-state index is 12.4. The molecule has 128 valence electrons. The molecule has 1 unspecified atom stereocenters. The van der Waals surface area contributed by atoms with Crippen molar-refractivity contribution in [1.29, 1.82) is 0 Å². The van der Waals surface area contributed by atoms with Crippen LogP contribution in [0.3, 0.4) is 0 Å². The molecule has 2 aromatic rings.